The van der Waals surface area contributed by atoms with Crippen LogP contribution in [0.3, 0.4) is 0 Å². The first-order valence-corrected chi connectivity index (χ1v) is 11.0. The first-order valence-electron chi connectivity index (χ1n) is 8.64. The Morgan fingerprint density at radius 1 is 1.00 bits per heavy atom. The van der Waals surface area contributed by atoms with Gasteiger partial charge in [0, 0.05) is 29.6 Å². The number of primary sulfonamides is 1. The Morgan fingerprint density at radius 2 is 1.62 bits per heavy atom. The van der Waals surface area contributed by atoms with Crippen molar-refractivity contribution >= 4 is 44.6 Å². The predicted octanol–water partition coefficient (Wildman–Crippen LogP) is 3.46. The van der Waals surface area contributed by atoms with Gasteiger partial charge in [-0.25, -0.2) is 13.6 Å². The van der Waals surface area contributed by atoms with Crippen LogP contribution in [0.15, 0.2) is 78.0 Å². The third-order valence-corrected chi connectivity index (χ3v) is 5.72. The van der Waals surface area contributed by atoms with Gasteiger partial charge in [0.25, 0.3) is 0 Å². The van der Waals surface area contributed by atoms with Crippen molar-refractivity contribution in [2.45, 2.75) is 18.0 Å². The summed E-state index contributed by atoms with van der Waals surface area (Å²) in [4.78, 5) is 5.93. The van der Waals surface area contributed by atoms with Crippen LogP contribution in [0.4, 0.5) is 5.69 Å². The average molecular weight is 447 g/mol. The second-order valence-electron chi connectivity index (χ2n) is 6.27. The lowest BCUT2D eigenvalue weighted by atomic mass is 10.2. The predicted molar refractivity (Wildman–Crippen MR) is 119 cm³/mol. The maximum Gasteiger partial charge on any atom is 0.238 e. The highest BCUT2D eigenvalue weighted by Gasteiger charge is 2.15. The Kier molecular flexibility index (Phi) is 6.81. The van der Waals surface area contributed by atoms with E-state index in [4.69, 9.17) is 29.0 Å². The highest BCUT2D eigenvalue weighted by atomic mass is 35.5. The van der Waals surface area contributed by atoms with E-state index >= 15 is 0 Å². The van der Waals surface area contributed by atoms with Gasteiger partial charge in [-0.2, -0.15) is 0 Å². The Morgan fingerprint density at radius 3 is 2.21 bits per heavy atom. The van der Waals surface area contributed by atoms with Crippen molar-refractivity contribution in [3.8, 4) is 0 Å². The van der Waals surface area contributed by atoms with Crippen molar-refractivity contribution in [3.05, 3.63) is 89.2 Å². The summed E-state index contributed by atoms with van der Waals surface area (Å²) in [6.45, 7) is 1.02. The number of hydrogen-bond acceptors (Lipinski definition) is 4. The number of nitrogens with two attached hydrogens (primary N) is 1. The zero-order valence-corrected chi connectivity index (χ0v) is 17.7. The number of nitrogens with zero attached hydrogens (tertiary/aromatic N) is 2. The second kappa shape index (κ2) is 9.32. The molecule has 3 aromatic rings. The quantitative estimate of drug-likeness (QED) is 0.564. The van der Waals surface area contributed by atoms with Crippen LogP contribution in [0.2, 0.25) is 5.02 Å². The van der Waals surface area contributed by atoms with E-state index in [-0.39, 0.29) is 4.90 Å². The number of hydrogen-bond donors (Lipinski definition) is 2. The summed E-state index contributed by atoms with van der Waals surface area (Å²) in [5.41, 5.74) is 2.77. The summed E-state index contributed by atoms with van der Waals surface area (Å²) >= 11 is 11.6. The van der Waals surface area contributed by atoms with Crippen LogP contribution >= 0.6 is 23.8 Å². The fourth-order valence-electron chi connectivity index (χ4n) is 2.64. The molecule has 1 aromatic heterocycles. The van der Waals surface area contributed by atoms with Crippen molar-refractivity contribution in [1.82, 2.24) is 10.3 Å². The molecule has 0 fully saturated rings. The van der Waals surface area contributed by atoms with Gasteiger partial charge < -0.3 is 10.2 Å². The highest BCUT2D eigenvalue weighted by molar-refractivity contribution is 7.89. The molecule has 0 atom stereocenters. The molecule has 0 saturated carbocycles. The zero-order chi connectivity index (χ0) is 20.9. The molecule has 0 spiro atoms. The number of thiocarbonyl (C=S) groups is 1. The largest absolute Gasteiger partial charge is 0.358 e. The van der Waals surface area contributed by atoms with Crippen LogP contribution in [0.1, 0.15) is 11.1 Å². The summed E-state index contributed by atoms with van der Waals surface area (Å²) in [5.74, 6) is 0. The average Bonchev–Trinajstić information content (AvgIpc) is 2.72. The molecule has 0 aliphatic rings. The van der Waals surface area contributed by atoms with Crippen molar-refractivity contribution < 1.29 is 8.42 Å². The Bertz CT molecular complexity index is 1070. The highest BCUT2D eigenvalue weighted by Crippen LogP contribution is 2.21. The summed E-state index contributed by atoms with van der Waals surface area (Å²) < 4.78 is 23.1. The van der Waals surface area contributed by atoms with Gasteiger partial charge in [0.05, 0.1) is 11.4 Å². The molecule has 3 N–H and O–H groups in total. The molecule has 29 heavy (non-hydrogen) atoms. The van der Waals surface area contributed by atoms with Crippen molar-refractivity contribution in [2.24, 2.45) is 5.14 Å². The standard InChI is InChI=1S/C20H19ClN4O2S2/c21-17-3-1-16(2-4-17)14-25(18-5-7-19(8-6-18)29(22,26)27)20(28)24-13-15-9-11-23-12-10-15/h1-12H,13-14H2,(H,24,28)(H2,22,26,27). The van der Waals surface area contributed by atoms with Crippen molar-refractivity contribution in [2.75, 3.05) is 4.90 Å². The molecule has 0 aliphatic heterocycles. The minimum Gasteiger partial charge on any atom is -0.358 e. The minimum absolute atomic E-state index is 0.0448. The molecular formula is C20H19ClN4O2S2. The fourth-order valence-corrected chi connectivity index (χ4v) is 3.53. The third kappa shape index (κ3) is 5.98. The van der Waals surface area contributed by atoms with E-state index in [1.807, 2.05) is 41.3 Å². The van der Waals surface area contributed by atoms with Crippen LogP contribution in [0, 0.1) is 0 Å². The number of sulfonamides is 1. The molecule has 1 heterocycles. The third-order valence-electron chi connectivity index (χ3n) is 4.17. The molecule has 0 saturated heterocycles. The molecule has 0 aliphatic carbocycles. The molecule has 2 aromatic carbocycles. The van der Waals surface area contributed by atoms with Gasteiger partial charge in [-0.1, -0.05) is 23.7 Å². The van der Waals surface area contributed by atoms with Gasteiger partial charge in [-0.15, -0.1) is 0 Å². The van der Waals surface area contributed by atoms with Gasteiger partial charge in [0.1, 0.15) is 0 Å². The summed E-state index contributed by atoms with van der Waals surface area (Å²) in [6, 6.07) is 17.5. The molecular weight excluding hydrogens is 428 g/mol. The van der Waals surface area contributed by atoms with Crippen LogP contribution in [0.25, 0.3) is 0 Å². The summed E-state index contributed by atoms with van der Waals surface area (Å²) in [5, 5.41) is 9.58. The molecule has 3 rings (SSSR count). The first kappa shape index (κ1) is 21.2. The van der Waals surface area contributed by atoms with E-state index in [9.17, 15) is 8.42 Å². The van der Waals surface area contributed by atoms with Crippen molar-refractivity contribution in [3.63, 3.8) is 0 Å². The lowest BCUT2D eigenvalue weighted by molar-refractivity contribution is 0.598. The van der Waals surface area contributed by atoms with Gasteiger partial charge in [-0.05, 0) is 71.9 Å². The Hall–Kier alpha value is -2.52. The van der Waals surface area contributed by atoms with E-state index in [1.165, 1.54) is 12.1 Å². The molecule has 6 nitrogen and oxygen atoms in total. The van der Waals surface area contributed by atoms with Gasteiger partial charge >= 0.3 is 0 Å². The number of anilines is 1. The number of benzene rings is 2. The summed E-state index contributed by atoms with van der Waals surface area (Å²) in [6.07, 6.45) is 3.44. The molecule has 0 unspecified atom stereocenters. The van der Waals surface area contributed by atoms with Gasteiger partial charge in [0.15, 0.2) is 5.11 Å². The fraction of sp³-hybridized carbons (Fsp3) is 0.100. The minimum atomic E-state index is -3.76. The zero-order valence-electron chi connectivity index (χ0n) is 15.3. The molecule has 150 valence electrons. The number of halogens is 1. The second-order valence-corrected chi connectivity index (χ2v) is 8.65. The Balaban J connectivity index is 1.84. The number of pyridine rings is 1. The van der Waals surface area contributed by atoms with E-state index in [2.05, 4.69) is 10.3 Å². The molecule has 0 bridgehead atoms. The number of nitrogens with one attached hydrogen (secondary N) is 1. The van der Waals surface area contributed by atoms with Crippen LogP contribution < -0.4 is 15.4 Å². The Labute approximate surface area is 180 Å². The normalized spacial score (nSPS) is 11.1. The maximum atomic E-state index is 11.5. The SMILES string of the molecule is NS(=O)(=O)c1ccc(N(Cc2ccc(Cl)cc2)C(=S)NCc2ccncc2)cc1. The van der Waals surface area contributed by atoms with E-state index in [0.717, 1.165) is 16.8 Å². The lowest BCUT2D eigenvalue weighted by Crippen LogP contribution is -2.39. The molecule has 9 heteroatoms. The monoisotopic (exact) mass is 446 g/mol. The van der Waals surface area contributed by atoms with Crippen molar-refractivity contribution in [1.29, 1.82) is 0 Å². The van der Waals surface area contributed by atoms with Crippen LogP contribution in [-0.4, -0.2) is 18.5 Å². The van der Waals surface area contributed by atoms with E-state index in [1.54, 1.807) is 24.5 Å². The van der Waals surface area contributed by atoms with E-state index < -0.39 is 10.0 Å². The smallest absolute Gasteiger partial charge is 0.238 e. The number of rotatable bonds is 6. The van der Waals surface area contributed by atoms with E-state index in [0.29, 0.717) is 23.2 Å². The lowest BCUT2D eigenvalue weighted by Gasteiger charge is -2.26. The van der Waals surface area contributed by atoms with Crippen LogP contribution in [-0.2, 0) is 23.1 Å². The number of aromatic nitrogens is 1. The molecule has 0 amide bonds. The topological polar surface area (TPSA) is 88.3 Å². The van der Waals surface area contributed by atoms with Crippen LogP contribution in [0.5, 0.6) is 0 Å². The maximum absolute atomic E-state index is 11.5. The summed E-state index contributed by atoms with van der Waals surface area (Å²) in [7, 11) is -3.76. The van der Waals surface area contributed by atoms with Gasteiger partial charge in [0.2, 0.25) is 10.0 Å². The first-order chi connectivity index (χ1) is 13.8. The molecule has 0 radical (unpaired) electrons. The van der Waals surface area contributed by atoms with Gasteiger partial charge in [-0.3, -0.25) is 4.98 Å².